The zero-order valence-electron chi connectivity index (χ0n) is 12.1. The van der Waals surface area contributed by atoms with Crippen molar-refractivity contribution in [3.05, 3.63) is 29.8 Å². The van der Waals surface area contributed by atoms with Crippen LogP contribution in [0.3, 0.4) is 0 Å². The summed E-state index contributed by atoms with van der Waals surface area (Å²) >= 11 is 0. The van der Waals surface area contributed by atoms with Gasteiger partial charge in [-0.15, -0.1) is 0 Å². The number of sulfonamides is 1. The largest absolute Gasteiger partial charge is 0.349 e. The summed E-state index contributed by atoms with van der Waals surface area (Å²) in [6.45, 7) is 5.77. The highest BCUT2D eigenvalue weighted by Crippen LogP contribution is 2.18. The molecule has 0 radical (unpaired) electrons. The second-order valence-corrected chi connectivity index (χ2v) is 6.42. The predicted octanol–water partition coefficient (Wildman–Crippen LogP) is 1.95. The number of primary sulfonamides is 1. The van der Waals surface area contributed by atoms with Crippen LogP contribution in [-0.4, -0.2) is 14.3 Å². The van der Waals surface area contributed by atoms with E-state index in [0.717, 1.165) is 18.4 Å². The first kappa shape index (κ1) is 16.7. The van der Waals surface area contributed by atoms with E-state index >= 15 is 0 Å². The van der Waals surface area contributed by atoms with Gasteiger partial charge in [0, 0.05) is 5.92 Å². The number of carbonyl (C=O) groups is 1. The van der Waals surface area contributed by atoms with Gasteiger partial charge in [0.1, 0.15) is 0 Å². The summed E-state index contributed by atoms with van der Waals surface area (Å²) in [7, 11) is -3.73. The van der Waals surface area contributed by atoms with E-state index in [1.54, 1.807) is 12.1 Å². The first-order chi connectivity index (χ1) is 9.29. The van der Waals surface area contributed by atoms with Crippen molar-refractivity contribution in [2.75, 3.05) is 0 Å². The Balaban J connectivity index is 2.88. The molecule has 5 nitrogen and oxygen atoms in total. The molecule has 6 heteroatoms. The molecule has 3 N–H and O–H groups in total. The number of hydrogen-bond donors (Lipinski definition) is 2. The molecule has 1 unspecified atom stereocenters. The van der Waals surface area contributed by atoms with Crippen LogP contribution in [0, 0.1) is 5.92 Å². The highest BCUT2D eigenvalue weighted by atomic mass is 32.2. The summed E-state index contributed by atoms with van der Waals surface area (Å²) in [4.78, 5) is 12.1. The average molecular weight is 298 g/mol. The third kappa shape index (κ3) is 4.31. The molecule has 1 atom stereocenters. The van der Waals surface area contributed by atoms with E-state index < -0.39 is 10.0 Å². The van der Waals surface area contributed by atoms with Gasteiger partial charge in [-0.2, -0.15) is 0 Å². The summed E-state index contributed by atoms with van der Waals surface area (Å²) in [5.41, 5.74) is 0.718. The Hall–Kier alpha value is -1.40. The highest BCUT2D eigenvalue weighted by Gasteiger charge is 2.18. The first-order valence-electron chi connectivity index (χ1n) is 6.72. The van der Waals surface area contributed by atoms with Crippen molar-refractivity contribution in [2.45, 2.75) is 44.6 Å². The lowest BCUT2D eigenvalue weighted by Crippen LogP contribution is -2.32. The van der Waals surface area contributed by atoms with E-state index in [9.17, 15) is 13.2 Å². The minimum absolute atomic E-state index is 0.0106. The minimum atomic E-state index is -3.73. The Bertz CT molecular complexity index is 566. The van der Waals surface area contributed by atoms with Crippen LogP contribution in [-0.2, 0) is 14.8 Å². The quantitative estimate of drug-likeness (QED) is 0.841. The molecule has 0 fully saturated rings. The van der Waals surface area contributed by atoms with Crippen molar-refractivity contribution in [1.82, 2.24) is 5.32 Å². The fourth-order valence-electron chi connectivity index (χ4n) is 2.03. The van der Waals surface area contributed by atoms with Gasteiger partial charge < -0.3 is 5.32 Å². The molecule has 1 aromatic carbocycles. The number of nitrogens with two attached hydrogens (primary N) is 1. The molecule has 112 valence electrons. The Morgan fingerprint density at radius 1 is 1.30 bits per heavy atom. The van der Waals surface area contributed by atoms with Gasteiger partial charge in [0.2, 0.25) is 15.9 Å². The van der Waals surface area contributed by atoms with Crippen LogP contribution >= 0.6 is 0 Å². The Morgan fingerprint density at radius 2 is 1.90 bits per heavy atom. The molecule has 0 aliphatic carbocycles. The Morgan fingerprint density at radius 3 is 2.40 bits per heavy atom. The SMILES string of the molecule is CCC(CC)C(=O)NC(C)c1cccc(S(N)(=O)=O)c1. The number of nitrogens with one attached hydrogen (secondary N) is 1. The van der Waals surface area contributed by atoms with Crippen molar-refractivity contribution in [3.8, 4) is 0 Å². The lowest BCUT2D eigenvalue weighted by atomic mass is 10.0. The number of benzene rings is 1. The van der Waals surface area contributed by atoms with Crippen LogP contribution in [0.1, 0.15) is 45.2 Å². The van der Waals surface area contributed by atoms with Gasteiger partial charge in [0.05, 0.1) is 10.9 Å². The van der Waals surface area contributed by atoms with Crippen molar-refractivity contribution in [2.24, 2.45) is 11.1 Å². The normalized spacial score (nSPS) is 13.2. The second kappa shape index (κ2) is 6.85. The smallest absolute Gasteiger partial charge is 0.238 e. The standard InChI is InChI=1S/C14H22N2O3S/c1-4-11(5-2)14(17)16-10(3)12-7-6-8-13(9-12)20(15,18)19/h6-11H,4-5H2,1-3H3,(H,16,17)(H2,15,18,19). The number of carbonyl (C=O) groups excluding carboxylic acids is 1. The maximum absolute atomic E-state index is 12.0. The van der Waals surface area contributed by atoms with Gasteiger partial charge in [-0.25, -0.2) is 13.6 Å². The van der Waals surface area contributed by atoms with Crippen LogP contribution in [0.2, 0.25) is 0 Å². The molecular weight excluding hydrogens is 276 g/mol. The Kier molecular flexibility index (Phi) is 5.71. The van der Waals surface area contributed by atoms with Crippen molar-refractivity contribution in [1.29, 1.82) is 0 Å². The zero-order chi connectivity index (χ0) is 15.3. The fraction of sp³-hybridized carbons (Fsp3) is 0.500. The van der Waals surface area contributed by atoms with Crippen molar-refractivity contribution in [3.63, 3.8) is 0 Å². The van der Waals surface area contributed by atoms with Gasteiger partial charge in [-0.05, 0) is 37.5 Å². The first-order valence-corrected chi connectivity index (χ1v) is 8.27. The molecule has 20 heavy (non-hydrogen) atoms. The molecule has 1 aromatic rings. The molecule has 0 heterocycles. The maximum atomic E-state index is 12.0. The molecule has 1 amide bonds. The van der Waals surface area contributed by atoms with E-state index in [1.165, 1.54) is 12.1 Å². The summed E-state index contributed by atoms with van der Waals surface area (Å²) < 4.78 is 22.6. The van der Waals surface area contributed by atoms with Crippen LogP contribution in [0.4, 0.5) is 0 Å². The summed E-state index contributed by atoms with van der Waals surface area (Å²) in [5, 5.41) is 8.01. The van der Waals surface area contributed by atoms with E-state index in [4.69, 9.17) is 5.14 Å². The van der Waals surface area contributed by atoms with Crippen LogP contribution < -0.4 is 10.5 Å². The molecule has 0 aliphatic heterocycles. The summed E-state index contributed by atoms with van der Waals surface area (Å²) in [5.74, 6) is -0.0256. The van der Waals surface area contributed by atoms with Gasteiger partial charge in [0.25, 0.3) is 0 Å². The van der Waals surface area contributed by atoms with Crippen LogP contribution in [0.15, 0.2) is 29.2 Å². The summed E-state index contributed by atoms with van der Waals surface area (Å²) in [6, 6.07) is 6.06. The minimum Gasteiger partial charge on any atom is -0.349 e. The third-order valence-electron chi connectivity index (χ3n) is 3.40. The highest BCUT2D eigenvalue weighted by molar-refractivity contribution is 7.89. The second-order valence-electron chi connectivity index (χ2n) is 4.86. The molecular formula is C14H22N2O3S. The average Bonchev–Trinajstić information content (AvgIpc) is 2.39. The third-order valence-corrected chi connectivity index (χ3v) is 4.31. The maximum Gasteiger partial charge on any atom is 0.238 e. The topological polar surface area (TPSA) is 89.3 Å². The van der Waals surface area contributed by atoms with Gasteiger partial charge in [-0.1, -0.05) is 26.0 Å². The van der Waals surface area contributed by atoms with Gasteiger partial charge >= 0.3 is 0 Å². The molecule has 0 aromatic heterocycles. The molecule has 0 bridgehead atoms. The van der Waals surface area contributed by atoms with Crippen LogP contribution in [0.25, 0.3) is 0 Å². The summed E-state index contributed by atoms with van der Waals surface area (Å²) in [6.07, 6.45) is 1.57. The molecule has 0 aliphatic rings. The molecule has 0 spiro atoms. The fourth-order valence-corrected chi connectivity index (χ4v) is 2.60. The van der Waals surface area contributed by atoms with E-state index in [-0.39, 0.29) is 22.8 Å². The van der Waals surface area contributed by atoms with Crippen molar-refractivity contribution >= 4 is 15.9 Å². The van der Waals surface area contributed by atoms with E-state index in [2.05, 4.69) is 5.32 Å². The van der Waals surface area contributed by atoms with Crippen LogP contribution in [0.5, 0.6) is 0 Å². The Labute approximate surface area is 120 Å². The predicted molar refractivity (Wildman–Crippen MR) is 78.4 cm³/mol. The molecule has 0 saturated carbocycles. The van der Waals surface area contributed by atoms with Crippen molar-refractivity contribution < 1.29 is 13.2 Å². The molecule has 1 rings (SSSR count). The number of amides is 1. The monoisotopic (exact) mass is 298 g/mol. The van der Waals surface area contributed by atoms with E-state index in [0.29, 0.717) is 0 Å². The number of hydrogen-bond acceptors (Lipinski definition) is 3. The van der Waals surface area contributed by atoms with Gasteiger partial charge in [-0.3, -0.25) is 4.79 Å². The number of rotatable bonds is 6. The van der Waals surface area contributed by atoms with Gasteiger partial charge in [0.15, 0.2) is 0 Å². The van der Waals surface area contributed by atoms with E-state index in [1.807, 2.05) is 20.8 Å². The molecule has 0 saturated heterocycles. The lowest BCUT2D eigenvalue weighted by molar-refractivity contribution is -0.125. The zero-order valence-corrected chi connectivity index (χ0v) is 12.9. The lowest BCUT2D eigenvalue weighted by Gasteiger charge is -2.19.